The number of rotatable bonds is 4. The van der Waals surface area contributed by atoms with Gasteiger partial charge in [0.05, 0.1) is 12.2 Å². The van der Waals surface area contributed by atoms with Crippen molar-refractivity contribution in [3.05, 3.63) is 65.2 Å². The van der Waals surface area contributed by atoms with Crippen molar-refractivity contribution in [1.82, 2.24) is 15.8 Å². The van der Waals surface area contributed by atoms with Gasteiger partial charge in [0.1, 0.15) is 11.6 Å². The van der Waals surface area contributed by atoms with Crippen LogP contribution < -0.4 is 15.8 Å². The third kappa shape index (κ3) is 6.37. The molecule has 0 radical (unpaired) electrons. The molecule has 4 amide bonds. The molecule has 0 unspecified atom stereocenters. The average molecular weight is 502 g/mol. The van der Waals surface area contributed by atoms with E-state index in [1.807, 2.05) is 0 Å². The van der Waals surface area contributed by atoms with Gasteiger partial charge in [-0.25, -0.2) is 13.6 Å². The Hall–Kier alpha value is -3.35. The maximum atomic E-state index is 14.5. The third-order valence-corrected chi connectivity index (χ3v) is 5.76. The minimum absolute atomic E-state index is 0.0647. The van der Waals surface area contributed by atoms with Crippen LogP contribution in [0.25, 0.3) is 0 Å². The molecule has 0 aromatic heterocycles. The number of urea groups is 1. The fraction of sp³-hybridized carbons (Fsp3) is 0.286. The second-order valence-corrected chi connectivity index (χ2v) is 8.39. The highest BCUT2D eigenvalue weighted by atomic mass is 32.2. The van der Waals surface area contributed by atoms with Crippen LogP contribution in [0.15, 0.2) is 42.5 Å². The number of hydrazine groups is 1. The van der Waals surface area contributed by atoms with Crippen molar-refractivity contribution in [2.75, 3.05) is 29.5 Å². The number of hydrogen-bond acceptors (Lipinski definition) is 4. The molecule has 0 saturated carbocycles. The van der Waals surface area contributed by atoms with Crippen molar-refractivity contribution >= 4 is 35.3 Å². The molecule has 0 spiro atoms. The molecule has 1 heterocycles. The molecule has 2 aromatic carbocycles. The zero-order valence-corrected chi connectivity index (χ0v) is 18.3. The molecular weight excluding hydrogens is 483 g/mol. The summed E-state index contributed by atoms with van der Waals surface area (Å²) in [5.74, 6) is -3.59. The number of carbonyl (C=O) groups is 3. The highest BCUT2D eigenvalue weighted by molar-refractivity contribution is 7.99. The summed E-state index contributed by atoms with van der Waals surface area (Å²) in [7, 11) is 0. The van der Waals surface area contributed by atoms with E-state index in [1.54, 1.807) is 22.1 Å². The number of benzene rings is 2. The zero-order valence-electron chi connectivity index (χ0n) is 17.5. The third-order valence-electron chi connectivity index (χ3n) is 4.82. The molecule has 1 aliphatic rings. The molecule has 1 saturated heterocycles. The van der Waals surface area contributed by atoms with Crippen LogP contribution in [0.2, 0.25) is 0 Å². The number of halogens is 5. The Morgan fingerprint density at radius 2 is 1.62 bits per heavy atom. The fourth-order valence-electron chi connectivity index (χ4n) is 3.08. The number of nitrogens with one attached hydrogen (secondary N) is 2. The van der Waals surface area contributed by atoms with E-state index in [0.29, 0.717) is 24.7 Å². The molecular formula is C21H19F5N4O3S. The van der Waals surface area contributed by atoms with Crippen LogP contribution in [0.3, 0.4) is 0 Å². The minimum atomic E-state index is -5.16. The first kappa shape index (κ1) is 25.3. The van der Waals surface area contributed by atoms with Gasteiger partial charge in [-0.05, 0) is 29.8 Å². The molecule has 13 heteroatoms. The Kier molecular flexibility index (Phi) is 7.97. The van der Waals surface area contributed by atoms with Gasteiger partial charge < -0.3 is 4.90 Å². The van der Waals surface area contributed by atoms with Gasteiger partial charge >= 0.3 is 18.1 Å². The first-order chi connectivity index (χ1) is 16.1. The highest BCUT2D eigenvalue weighted by Gasteiger charge is 2.39. The number of hydrogen-bond donors (Lipinski definition) is 2. The monoisotopic (exact) mass is 502 g/mol. The second-order valence-electron chi connectivity index (χ2n) is 7.17. The Balaban J connectivity index is 1.76. The van der Waals surface area contributed by atoms with E-state index in [-0.39, 0.29) is 17.8 Å². The molecule has 34 heavy (non-hydrogen) atoms. The highest BCUT2D eigenvalue weighted by Crippen LogP contribution is 2.25. The minimum Gasteiger partial charge on any atom is -0.323 e. The lowest BCUT2D eigenvalue weighted by Gasteiger charge is -2.33. The molecule has 2 aromatic rings. The van der Waals surface area contributed by atoms with Crippen molar-refractivity contribution in [3.63, 3.8) is 0 Å². The summed E-state index contributed by atoms with van der Waals surface area (Å²) >= 11 is 1.68. The van der Waals surface area contributed by atoms with E-state index in [2.05, 4.69) is 0 Å². The van der Waals surface area contributed by atoms with Crippen molar-refractivity contribution in [1.29, 1.82) is 0 Å². The Morgan fingerprint density at radius 3 is 2.21 bits per heavy atom. The summed E-state index contributed by atoms with van der Waals surface area (Å²) in [4.78, 5) is 38.6. The molecule has 3 rings (SSSR count). The largest absolute Gasteiger partial charge is 0.472 e. The van der Waals surface area contributed by atoms with Gasteiger partial charge in [0.15, 0.2) is 0 Å². The van der Waals surface area contributed by atoms with Gasteiger partial charge in [0.25, 0.3) is 5.91 Å². The smallest absolute Gasteiger partial charge is 0.323 e. The summed E-state index contributed by atoms with van der Waals surface area (Å²) in [6.45, 7) is 0.814. The van der Waals surface area contributed by atoms with Crippen molar-refractivity contribution in [2.24, 2.45) is 0 Å². The SMILES string of the molecule is O=C(NNC(=O)C(F)(F)F)c1ccc(CN(C(=O)N2CCSCC2)c2ccc(F)cc2F)cc1. The van der Waals surface area contributed by atoms with Crippen LogP contribution in [-0.4, -0.2) is 53.5 Å². The number of nitrogens with zero attached hydrogens (tertiary/aromatic N) is 2. The van der Waals surface area contributed by atoms with E-state index in [0.717, 1.165) is 28.5 Å². The Bertz CT molecular complexity index is 1060. The van der Waals surface area contributed by atoms with Gasteiger partial charge in [-0.2, -0.15) is 24.9 Å². The molecule has 0 aliphatic carbocycles. The average Bonchev–Trinajstić information content (AvgIpc) is 2.81. The molecule has 0 bridgehead atoms. The fourth-order valence-corrected chi connectivity index (χ4v) is 3.99. The van der Waals surface area contributed by atoms with Gasteiger partial charge in [-0.15, -0.1) is 0 Å². The standard InChI is InChI=1S/C21H19F5N4O3S/c22-15-5-6-17(16(23)11-15)30(20(33)29-7-9-34-10-8-29)12-13-1-3-14(4-2-13)18(31)27-28-19(32)21(24,25)26/h1-6,11H,7-10,12H2,(H,27,31)(H,28,32). The maximum absolute atomic E-state index is 14.5. The first-order valence-electron chi connectivity index (χ1n) is 9.92. The Labute approximate surface area is 195 Å². The van der Waals surface area contributed by atoms with E-state index in [9.17, 15) is 36.3 Å². The topological polar surface area (TPSA) is 81.8 Å². The summed E-state index contributed by atoms with van der Waals surface area (Å²) in [5.41, 5.74) is 3.19. The second kappa shape index (κ2) is 10.7. The number of carbonyl (C=O) groups excluding carboxylic acids is 3. The quantitative estimate of drug-likeness (QED) is 0.496. The lowest BCUT2D eigenvalue weighted by Crippen LogP contribution is -2.47. The van der Waals surface area contributed by atoms with Crippen LogP contribution in [0.5, 0.6) is 0 Å². The number of amides is 4. The molecule has 2 N–H and O–H groups in total. The molecule has 7 nitrogen and oxygen atoms in total. The normalized spacial score (nSPS) is 13.9. The first-order valence-corrected chi connectivity index (χ1v) is 11.1. The summed E-state index contributed by atoms with van der Waals surface area (Å²) < 4.78 is 64.6. The van der Waals surface area contributed by atoms with Gasteiger partial charge in [0, 0.05) is 36.2 Å². The number of anilines is 1. The number of alkyl halides is 3. The molecule has 182 valence electrons. The summed E-state index contributed by atoms with van der Waals surface area (Å²) in [6, 6.07) is 7.78. The van der Waals surface area contributed by atoms with Gasteiger partial charge in [-0.1, -0.05) is 12.1 Å². The maximum Gasteiger partial charge on any atom is 0.472 e. The van der Waals surface area contributed by atoms with Gasteiger partial charge in [-0.3, -0.25) is 25.3 Å². The van der Waals surface area contributed by atoms with E-state index in [1.165, 1.54) is 29.7 Å². The summed E-state index contributed by atoms with van der Waals surface area (Å²) in [6.07, 6.45) is -5.16. The van der Waals surface area contributed by atoms with Crippen LogP contribution in [0.1, 0.15) is 15.9 Å². The van der Waals surface area contributed by atoms with E-state index >= 15 is 0 Å². The lowest BCUT2D eigenvalue weighted by atomic mass is 10.1. The van der Waals surface area contributed by atoms with Crippen LogP contribution in [0.4, 0.5) is 32.4 Å². The Morgan fingerprint density at radius 1 is 0.971 bits per heavy atom. The van der Waals surface area contributed by atoms with Crippen molar-refractivity contribution in [2.45, 2.75) is 12.7 Å². The zero-order chi connectivity index (χ0) is 24.9. The van der Waals surface area contributed by atoms with E-state index < -0.39 is 35.7 Å². The lowest BCUT2D eigenvalue weighted by molar-refractivity contribution is -0.174. The predicted octanol–water partition coefficient (Wildman–Crippen LogP) is 3.46. The van der Waals surface area contributed by atoms with Crippen LogP contribution >= 0.6 is 11.8 Å². The number of thioether (sulfide) groups is 1. The van der Waals surface area contributed by atoms with Gasteiger partial charge in [0.2, 0.25) is 0 Å². The summed E-state index contributed by atoms with van der Waals surface area (Å²) in [5, 5.41) is 0. The molecule has 1 aliphatic heterocycles. The predicted molar refractivity (Wildman–Crippen MR) is 115 cm³/mol. The van der Waals surface area contributed by atoms with E-state index in [4.69, 9.17) is 0 Å². The van der Waals surface area contributed by atoms with Crippen LogP contribution in [-0.2, 0) is 11.3 Å². The van der Waals surface area contributed by atoms with Crippen molar-refractivity contribution in [3.8, 4) is 0 Å². The van der Waals surface area contributed by atoms with Crippen molar-refractivity contribution < 1.29 is 36.3 Å². The van der Waals surface area contributed by atoms with Crippen LogP contribution in [0, 0.1) is 11.6 Å². The molecule has 0 atom stereocenters. The molecule has 1 fully saturated rings.